The molecule has 0 aromatic carbocycles. The SMILES string of the molecule is COC(C)(C(=O)N[C@@H]1CC[C@H](C#N)C1)C1CC1. The molecule has 1 N–H and O–H groups in total. The third-order valence-electron chi connectivity index (χ3n) is 4.18. The van der Waals surface area contributed by atoms with Crippen molar-refractivity contribution in [1.82, 2.24) is 5.32 Å². The van der Waals surface area contributed by atoms with E-state index in [0.717, 1.165) is 32.1 Å². The topological polar surface area (TPSA) is 62.1 Å². The van der Waals surface area contributed by atoms with Gasteiger partial charge in [0.05, 0.1) is 6.07 Å². The second-order valence-electron chi connectivity index (χ2n) is 5.39. The fourth-order valence-corrected chi connectivity index (χ4v) is 2.64. The van der Waals surface area contributed by atoms with E-state index in [2.05, 4.69) is 11.4 Å². The van der Waals surface area contributed by atoms with Gasteiger partial charge in [0.15, 0.2) is 0 Å². The maximum atomic E-state index is 12.2. The molecule has 0 spiro atoms. The van der Waals surface area contributed by atoms with Gasteiger partial charge in [0.25, 0.3) is 5.91 Å². The van der Waals surface area contributed by atoms with E-state index >= 15 is 0 Å². The van der Waals surface area contributed by atoms with Gasteiger partial charge in [-0.25, -0.2) is 0 Å². The minimum Gasteiger partial charge on any atom is -0.368 e. The zero-order valence-corrected chi connectivity index (χ0v) is 10.5. The number of hydrogen-bond acceptors (Lipinski definition) is 3. The van der Waals surface area contributed by atoms with E-state index < -0.39 is 5.60 Å². The van der Waals surface area contributed by atoms with E-state index in [9.17, 15) is 4.79 Å². The van der Waals surface area contributed by atoms with Crippen LogP contribution in [0.15, 0.2) is 0 Å². The smallest absolute Gasteiger partial charge is 0.252 e. The van der Waals surface area contributed by atoms with Crippen molar-refractivity contribution in [3.63, 3.8) is 0 Å². The molecule has 0 aromatic heterocycles. The molecule has 4 heteroatoms. The number of carbonyl (C=O) groups is 1. The van der Waals surface area contributed by atoms with Gasteiger partial charge >= 0.3 is 0 Å². The van der Waals surface area contributed by atoms with Gasteiger partial charge in [0.1, 0.15) is 5.60 Å². The standard InChI is InChI=1S/C13H20N2O2/c1-13(17-2,10-4-5-10)12(16)15-11-6-3-9(7-11)8-14/h9-11H,3-7H2,1-2H3,(H,15,16)/t9-,11+,13?/m0/s1. The Kier molecular flexibility index (Phi) is 3.39. The fraction of sp³-hybridized carbons (Fsp3) is 0.846. The van der Waals surface area contributed by atoms with Crippen molar-refractivity contribution in [3.8, 4) is 6.07 Å². The molecule has 0 aliphatic heterocycles. The van der Waals surface area contributed by atoms with Crippen molar-refractivity contribution in [3.05, 3.63) is 0 Å². The highest BCUT2D eigenvalue weighted by Crippen LogP contribution is 2.42. The van der Waals surface area contributed by atoms with Crippen LogP contribution in [0.25, 0.3) is 0 Å². The van der Waals surface area contributed by atoms with Gasteiger partial charge in [0, 0.05) is 19.1 Å². The summed E-state index contributed by atoms with van der Waals surface area (Å²) in [5, 5.41) is 11.9. The molecule has 1 amide bonds. The molecular weight excluding hydrogens is 216 g/mol. The molecule has 2 rings (SSSR count). The molecule has 2 fully saturated rings. The fourth-order valence-electron chi connectivity index (χ4n) is 2.64. The van der Waals surface area contributed by atoms with Crippen molar-refractivity contribution >= 4 is 5.91 Å². The van der Waals surface area contributed by atoms with Gasteiger partial charge < -0.3 is 10.1 Å². The molecule has 2 saturated carbocycles. The Labute approximate surface area is 102 Å². The predicted octanol–water partition coefficient (Wildman–Crippen LogP) is 1.61. The van der Waals surface area contributed by atoms with Crippen LogP contribution in [-0.4, -0.2) is 24.7 Å². The summed E-state index contributed by atoms with van der Waals surface area (Å²) in [5.41, 5.74) is -0.676. The van der Waals surface area contributed by atoms with E-state index in [1.54, 1.807) is 7.11 Å². The second kappa shape index (κ2) is 4.66. The first kappa shape index (κ1) is 12.4. The van der Waals surface area contributed by atoms with Crippen LogP contribution < -0.4 is 5.32 Å². The first-order valence-electron chi connectivity index (χ1n) is 6.36. The van der Waals surface area contributed by atoms with Crippen LogP contribution in [0.4, 0.5) is 0 Å². The van der Waals surface area contributed by atoms with Crippen molar-refractivity contribution in [1.29, 1.82) is 5.26 Å². The number of nitriles is 1. The van der Waals surface area contributed by atoms with E-state index in [1.165, 1.54) is 0 Å². The van der Waals surface area contributed by atoms with Crippen LogP contribution in [0.2, 0.25) is 0 Å². The van der Waals surface area contributed by atoms with E-state index in [0.29, 0.717) is 5.92 Å². The largest absolute Gasteiger partial charge is 0.368 e. The molecule has 17 heavy (non-hydrogen) atoms. The highest BCUT2D eigenvalue weighted by atomic mass is 16.5. The molecule has 94 valence electrons. The Bertz CT molecular complexity index is 346. The Balaban J connectivity index is 1.91. The molecule has 3 atom stereocenters. The Morgan fingerprint density at radius 2 is 2.12 bits per heavy atom. The molecular formula is C13H20N2O2. The zero-order chi connectivity index (χ0) is 12.5. The minimum atomic E-state index is -0.676. The molecule has 2 aliphatic carbocycles. The van der Waals surface area contributed by atoms with Crippen LogP contribution in [0, 0.1) is 23.2 Å². The average molecular weight is 236 g/mol. The predicted molar refractivity (Wildman–Crippen MR) is 63.0 cm³/mol. The molecule has 4 nitrogen and oxygen atoms in total. The summed E-state index contributed by atoms with van der Waals surface area (Å²) < 4.78 is 5.41. The number of ether oxygens (including phenoxy) is 1. The highest BCUT2D eigenvalue weighted by molar-refractivity contribution is 5.85. The molecule has 0 bridgehead atoms. The number of methoxy groups -OCH3 is 1. The number of nitrogens with zero attached hydrogens (tertiary/aromatic N) is 1. The Hall–Kier alpha value is -1.08. The van der Waals surface area contributed by atoms with Crippen LogP contribution in [0.5, 0.6) is 0 Å². The summed E-state index contributed by atoms with van der Waals surface area (Å²) in [7, 11) is 1.60. The van der Waals surface area contributed by atoms with E-state index in [4.69, 9.17) is 10.00 Å². The van der Waals surface area contributed by atoms with Gasteiger partial charge in [0.2, 0.25) is 0 Å². The highest BCUT2D eigenvalue weighted by Gasteiger charge is 2.48. The van der Waals surface area contributed by atoms with Gasteiger partial charge in [-0.3, -0.25) is 4.79 Å². The van der Waals surface area contributed by atoms with Crippen LogP contribution in [0.1, 0.15) is 39.0 Å². The van der Waals surface area contributed by atoms with Crippen molar-refractivity contribution < 1.29 is 9.53 Å². The normalized spacial score (nSPS) is 31.6. The molecule has 0 radical (unpaired) electrons. The summed E-state index contributed by atoms with van der Waals surface area (Å²) in [6, 6.07) is 2.43. The zero-order valence-electron chi connectivity index (χ0n) is 10.5. The third-order valence-corrected chi connectivity index (χ3v) is 4.18. The molecule has 0 aromatic rings. The maximum Gasteiger partial charge on any atom is 0.252 e. The lowest BCUT2D eigenvalue weighted by Crippen LogP contribution is -2.50. The van der Waals surface area contributed by atoms with Gasteiger partial charge in [-0.1, -0.05) is 0 Å². The third kappa shape index (κ3) is 2.44. The minimum absolute atomic E-state index is 0.00825. The van der Waals surface area contributed by atoms with Crippen molar-refractivity contribution in [2.75, 3.05) is 7.11 Å². The summed E-state index contributed by atoms with van der Waals surface area (Å²) in [6.45, 7) is 1.87. The number of carbonyl (C=O) groups excluding carboxylic acids is 1. The average Bonchev–Trinajstić information content (AvgIpc) is 3.10. The lowest BCUT2D eigenvalue weighted by atomic mass is 9.98. The Morgan fingerprint density at radius 3 is 2.59 bits per heavy atom. The Morgan fingerprint density at radius 1 is 1.41 bits per heavy atom. The molecule has 2 aliphatic rings. The first-order chi connectivity index (χ1) is 8.10. The molecule has 1 unspecified atom stereocenters. The lowest BCUT2D eigenvalue weighted by molar-refractivity contribution is -0.144. The monoisotopic (exact) mass is 236 g/mol. The maximum absolute atomic E-state index is 12.2. The van der Waals surface area contributed by atoms with Gasteiger partial charge in [-0.15, -0.1) is 0 Å². The number of hydrogen-bond donors (Lipinski definition) is 1. The van der Waals surface area contributed by atoms with Crippen LogP contribution in [-0.2, 0) is 9.53 Å². The van der Waals surface area contributed by atoms with E-state index in [-0.39, 0.29) is 17.9 Å². The summed E-state index contributed by atoms with van der Waals surface area (Å²) in [5.74, 6) is 0.460. The van der Waals surface area contributed by atoms with Gasteiger partial charge in [-0.05, 0) is 44.9 Å². The van der Waals surface area contributed by atoms with Crippen molar-refractivity contribution in [2.24, 2.45) is 11.8 Å². The number of amides is 1. The summed E-state index contributed by atoms with van der Waals surface area (Å²) in [6.07, 6.45) is 4.74. The number of nitrogens with one attached hydrogen (secondary N) is 1. The van der Waals surface area contributed by atoms with Crippen LogP contribution in [0.3, 0.4) is 0 Å². The lowest BCUT2D eigenvalue weighted by Gasteiger charge is -2.28. The number of rotatable bonds is 4. The van der Waals surface area contributed by atoms with Gasteiger partial charge in [-0.2, -0.15) is 5.26 Å². The molecule has 0 heterocycles. The first-order valence-corrected chi connectivity index (χ1v) is 6.36. The van der Waals surface area contributed by atoms with Crippen molar-refractivity contribution in [2.45, 2.75) is 50.7 Å². The summed E-state index contributed by atoms with van der Waals surface area (Å²) in [4.78, 5) is 12.2. The van der Waals surface area contributed by atoms with Crippen LogP contribution >= 0.6 is 0 Å². The van der Waals surface area contributed by atoms with E-state index in [1.807, 2.05) is 6.92 Å². The second-order valence-corrected chi connectivity index (χ2v) is 5.39. The quantitative estimate of drug-likeness (QED) is 0.806. The molecule has 0 saturated heterocycles. The summed E-state index contributed by atoms with van der Waals surface area (Å²) >= 11 is 0.